The summed E-state index contributed by atoms with van der Waals surface area (Å²) in [6.45, 7) is 12.2. The van der Waals surface area contributed by atoms with Crippen LogP contribution >= 0.6 is 0 Å². The van der Waals surface area contributed by atoms with Crippen LogP contribution in [-0.2, 0) is 0 Å². The van der Waals surface area contributed by atoms with Gasteiger partial charge in [0.25, 0.3) is 0 Å². The predicted molar refractivity (Wildman–Crippen MR) is 62.5 cm³/mol. The van der Waals surface area contributed by atoms with Gasteiger partial charge < -0.3 is 10.0 Å². The molecule has 0 bridgehead atoms. The molecule has 0 spiro atoms. The molecule has 1 unspecified atom stereocenters. The van der Waals surface area contributed by atoms with E-state index in [0.717, 1.165) is 19.4 Å². The second-order valence-electron chi connectivity index (χ2n) is 5.34. The van der Waals surface area contributed by atoms with Crippen molar-refractivity contribution in [1.82, 2.24) is 4.90 Å². The first-order valence-electron chi connectivity index (χ1n) is 5.63. The Labute approximate surface area is 89.3 Å². The third-order valence-corrected chi connectivity index (χ3v) is 3.75. The zero-order valence-electron chi connectivity index (χ0n) is 10.7. The number of aliphatic hydroxyl groups is 1. The Morgan fingerprint density at radius 1 is 1.07 bits per heavy atom. The molecule has 0 aromatic rings. The summed E-state index contributed by atoms with van der Waals surface area (Å²) in [5, 5.41) is 9.35. The van der Waals surface area contributed by atoms with Gasteiger partial charge in [-0.25, -0.2) is 0 Å². The molecule has 0 radical (unpaired) electrons. The normalized spacial score (nSPS) is 17.1. The van der Waals surface area contributed by atoms with E-state index >= 15 is 0 Å². The lowest BCUT2D eigenvalue weighted by Gasteiger charge is -2.40. The van der Waals surface area contributed by atoms with Crippen LogP contribution in [-0.4, -0.2) is 35.7 Å². The lowest BCUT2D eigenvalue weighted by atomic mass is 9.86. The summed E-state index contributed by atoms with van der Waals surface area (Å²) in [6.07, 6.45) is 2.16. The molecule has 86 valence electrons. The van der Waals surface area contributed by atoms with Crippen LogP contribution in [0.2, 0.25) is 0 Å². The van der Waals surface area contributed by atoms with E-state index in [1.165, 1.54) is 0 Å². The first-order valence-corrected chi connectivity index (χ1v) is 5.63. The molecule has 0 saturated carbocycles. The minimum atomic E-state index is 0.0428. The molecule has 0 rings (SSSR count). The number of hydrogen-bond acceptors (Lipinski definition) is 2. The lowest BCUT2D eigenvalue weighted by Crippen LogP contribution is -2.46. The van der Waals surface area contributed by atoms with Crippen molar-refractivity contribution in [3.63, 3.8) is 0 Å². The third kappa shape index (κ3) is 3.58. The van der Waals surface area contributed by atoms with Gasteiger partial charge in [-0.3, -0.25) is 0 Å². The minimum absolute atomic E-state index is 0.0428. The van der Waals surface area contributed by atoms with Gasteiger partial charge in [0.1, 0.15) is 0 Å². The Morgan fingerprint density at radius 2 is 1.57 bits per heavy atom. The summed E-state index contributed by atoms with van der Waals surface area (Å²) in [6, 6.07) is 0. The topological polar surface area (TPSA) is 23.5 Å². The second-order valence-corrected chi connectivity index (χ2v) is 5.34. The fraction of sp³-hybridized carbons (Fsp3) is 1.00. The van der Waals surface area contributed by atoms with Crippen molar-refractivity contribution in [3.05, 3.63) is 0 Å². The predicted octanol–water partition coefficient (Wildman–Crippen LogP) is 2.52. The van der Waals surface area contributed by atoms with Gasteiger partial charge in [-0.2, -0.15) is 0 Å². The van der Waals surface area contributed by atoms with Gasteiger partial charge in [-0.1, -0.05) is 20.8 Å². The molecule has 0 amide bonds. The second kappa shape index (κ2) is 5.13. The van der Waals surface area contributed by atoms with Gasteiger partial charge in [-0.15, -0.1) is 0 Å². The SMILES string of the molecule is CCC(C)(CO)CN(C)C(C)(C)CC. The van der Waals surface area contributed by atoms with Crippen molar-refractivity contribution in [3.8, 4) is 0 Å². The molecule has 0 fully saturated rings. The zero-order valence-corrected chi connectivity index (χ0v) is 10.7. The number of hydrogen-bond donors (Lipinski definition) is 1. The molecule has 1 N–H and O–H groups in total. The Balaban J connectivity index is 4.36. The fourth-order valence-corrected chi connectivity index (χ4v) is 1.33. The molecule has 2 heteroatoms. The van der Waals surface area contributed by atoms with Crippen LogP contribution < -0.4 is 0 Å². The fourth-order valence-electron chi connectivity index (χ4n) is 1.33. The lowest BCUT2D eigenvalue weighted by molar-refractivity contribution is 0.0484. The molecular weight excluding hydrogens is 174 g/mol. The van der Waals surface area contributed by atoms with Gasteiger partial charge in [0.05, 0.1) is 0 Å². The largest absolute Gasteiger partial charge is 0.396 e. The average Bonchev–Trinajstić information content (AvgIpc) is 2.17. The summed E-state index contributed by atoms with van der Waals surface area (Å²) < 4.78 is 0. The first-order chi connectivity index (χ1) is 6.31. The summed E-state index contributed by atoms with van der Waals surface area (Å²) in [5.74, 6) is 0. The molecule has 0 saturated heterocycles. The molecule has 0 aromatic heterocycles. The molecular formula is C12H27NO. The number of aliphatic hydroxyl groups excluding tert-OH is 1. The monoisotopic (exact) mass is 201 g/mol. The van der Waals surface area contributed by atoms with Gasteiger partial charge in [0.2, 0.25) is 0 Å². The molecule has 2 nitrogen and oxygen atoms in total. The van der Waals surface area contributed by atoms with E-state index in [2.05, 4.69) is 46.6 Å². The van der Waals surface area contributed by atoms with Crippen LogP contribution in [0.1, 0.15) is 47.5 Å². The van der Waals surface area contributed by atoms with E-state index < -0.39 is 0 Å². The highest BCUT2D eigenvalue weighted by molar-refractivity contribution is 4.83. The summed E-state index contributed by atoms with van der Waals surface area (Å²) in [7, 11) is 2.15. The third-order valence-electron chi connectivity index (χ3n) is 3.75. The van der Waals surface area contributed by atoms with Crippen molar-refractivity contribution in [2.45, 2.75) is 53.0 Å². The Kier molecular flexibility index (Phi) is 5.10. The Morgan fingerprint density at radius 3 is 1.86 bits per heavy atom. The van der Waals surface area contributed by atoms with E-state index in [0.29, 0.717) is 0 Å². The van der Waals surface area contributed by atoms with Gasteiger partial charge in [0, 0.05) is 24.1 Å². The molecule has 0 heterocycles. The standard InChI is InChI=1S/C12H27NO/c1-7-11(3,4)13(6)9-12(5,8-2)10-14/h14H,7-10H2,1-6H3. The highest BCUT2D eigenvalue weighted by Crippen LogP contribution is 2.26. The van der Waals surface area contributed by atoms with Crippen LogP contribution in [0.5, 0.6) is 0 Å². The van der Waals surface area contributed by atoms with Crippen LogP contribution in [0, 0.1) is 5.41 Å². The van der Waals surface area contributed by atoms with E-state index in [1.807, 2.05) is 0 Å². The van der Waals surface area contributed by atoms with Crippen molar-refractivity contribution < 1.29 is 5.11 Å². The van der Waals surface area contributed by atoms with E-state index in [4.69, 9.17) is 0 Å². The molecule has 1 atom stereocenters. The Bertz CT molecular complexity index is 162. The molecule has 0 aliphatic carbocycles. The van der Waals surface area contributed by atoms with Gasteiger partial charge >= 0.3 is 0 Å². The molecule has 0 aliphatic rings. The van der Waals surface area contributed by atoms with E-state index in [9.17, 15) is 5.11 Å². The quantitative estimate of drug-likeness (QED) is 0.714. The van der Waals surface area contributed by atoms with E-state index in [-0.39, 0.29) is 17.6 Å². The minimum Gasteiger partial charge on any atom is -0.396 e. The maximum Gasteiger partial charge on any atom is 0.0496 e. The summed E-state index contributed by atoms with van der Waals surface area (Å²) in [4.78, 5) is 2.35. The van der Waals surface area contributed by atoms with Crippen LogP contribution in [0.4, 0.5) is 0 Å². The van der Waals surface area contributed by atoms with Crippen LogP contribution in [0.15, 0.2) is 0 Å². The maximum absolute atomic E-state index is 9.35. The maximum atomic E-state index is 9.35. The van der Waals surface area contributed by atoms with Crippen molar-refractivity contribution in [1.29, 1.82) is 0 Å². The molecule has 0 aliphatic heterocycles. The highest BCUT2D eigenvalue weighted by Gasteiger charge is 2.29. The number of nitrogens with zero attached hydrogens (tertiary/aromatic N) is 1. The van der Waals surface area contributed by atoms with E-state index in [1.54, 1.807) is 0 Å². The first kappa shape index (κ1) is 13.9. The zero-order chi connectivity index (χ0) is 11.4. The van der Waals surface area contributed by atoms with Crippen LogP contribution in [0.3, 0.4) is 0 Å². The van der Waals surface area contributed by atoms with Gasteiger partial charge in [0.15, 0.2) is 0 Å². The average molecular weight is 201 g/mol. The smallest absolute Gasteiger partial charge is 0.0496 e. The van der Waals surface area contributed by atoms with Crippen molar-refractivity contribution >= 4 is 0 Å². The number of rotatable bonds is 6. The summed E-state index contributed by atoms with van der Waals surface area (Å²) in [5.41, 5.74) is 0.271. The highest BCUT2D eigenvalue weighted by atomic mass is 16.3. The molecule has 14 heavy (non-hydrogen) atoms. The Hall–Kier alpha value is -0.0800. The van der Waals surface area contributed by atoms with Crippen molar-refractivity contribution in [2.75, 3.05) is 20.2 Å². The molecule has 0 aromatic carbocycles. The van der Waals surface area contributed by atoms with Crippen LogP contribution in [0.25, 0.3) is 0 Å². The summed E-state index contributed by atoms with van der Waals surface area (Å²) >= 11 is 0. The van der Waals surface area contributed by atoms with Gasteiger partial charge in [-0.05, 0) is 33.7 Å². The van der Waals surface area contributed by atoms with Crippen molar-refractivity contribution in [2.24, 2.45) is 5.41 Å².